The van der Waals surface area contributed by atoms with E-state index in [0.717, 1.165) is 11.1 Å². The smallest absolute Gasteiger partial charge is 0.323 e. The van der Waals surface area contributed by atoms with E-state index in [9.17, 15) is 9.59 Å². The van der Waals surface area contributed by atoms with Gasteiger partial charge in [0.25, 0.3) is 0 Å². The third kappa shape index (κ3) is 3.55. The fourth-order valence-corrected chi connectivity index (χ4v) is 2.64. The lowest BCUT2D eigenvalue weighted by Gasteiger charge is -2.15. The Bertz CT molecular complexity index is 964. The van der Waals surface area contributed by atoms with E-state index in [2.05, 4.69) is 20.6 Å². The van der Waals surface area contributed by atoms with Crippen LogP contribution in [-0.2, 0) is 0 Å². The number of H-pyrrole nitrogens is 2. The van der Waals surface area contributed by atoms with Crippen molar-refractivity contribution >= 4 is 46.0 Å². The highest BCUT2D eigenvalue weighted by atomic mass is 35.5. The van der Waals surface area contributed by atoms with Crippen LogP contribution in [0.3, 0.4) is 0 Å². The average Bonchev–Trinajstić information content (AvgIpc) is 2.89. The van der Waals surface area contributed by atoms with Gasteiger partial charge < -0.3 is 20.6 Å². The molecule has 24 heavy (non-hydrogen) atoms. The quantitative estimate of drug-likeness (QED) is 0.564. The highest BCUT2D eigenvalue weighted by Crippen LogP contribution is 2.25. The van der Waals surface area contributed by atoms with E-state index in [0.29, 0.717) is 21.2 Å². The van der Waals surface area contributed by atoms with E-state index in [4.69, 9.17) is 23.2 Å². The van der Waals surface area contributed by atoms with Crippen LogP contribution >= 0.6 is 23.2 Å². The molecule has 2 amide bonds. The van der Waals surface area contributed by atoms with Gasteiger partial charge in [-0.15, -0.1) is 0 Å². The van der Waals surface area contributed by atoms with E-state index < -0.39 is 0 Å². The number of hydrogen-bond acceptors (Lipinski definition) is 2. The number of imidazole rings is 1. The second-order valence-corrected chi connectivity index (χ2v) is 6.15. The second kappa shape index (κ2) is 6.59. The Kier molecular flexibility index (Phi) is 4.51. The summed E-state index contributed by atoms with van der Waals surface area (Å²) in [4.78, 5) is 28.8. The van der Waals surface area contributed by atoms with Crippen LogP contribution in [0.1, 0.15) is 18.5 Å². The van der Waals surface area contributed by atoms with Crippen molar-refractivity contribution in [3.8, 4) is 0 Å². The van der Waals surface area contributed by atoms with Crippen molar-refractivity contribution in [1.29, 1.82) is 0 Å². The molecule has 0 saturated heterocycles. The molecule has 0 bridgehead atoms. The number of carbonyl (C=O) groups is 1. The van der Waals surface area contributed by atoms with Gasteiger partial charge in [0.15, 0.2) is 0 Å². The van der Waals surface area contributed by atoms with Crippen LogP contribution in [0.25, 0.3) is 11.0 Å². The van der Waals surface area contributed by atoms with Gasteiger partial charge in [0, 0.05) is 5.69 Å². The molecule has 0 spiro atoms. The van der Waals surface area contributed by atoms with Gasteiger partial charge in [-0.25, -0.2) is 9.59 Å². The summed E-state index contributed by atoms with van der Waals surface area (Å²) >= 11 is 11.8. The minimum absolute atomic E-state index is 0.254. The van der Waals surface area contributed by atoms with Crippen molar-refractivity contribution in [3.05, 3.63) is 62.5 Å². The first kappa shape index (κ1) is 16.4. The number of fused-ring (bicyclic) bond motifs is 1. The SMILES string of the molecule is C[C@H](NC(=O)Nc1ccc(Cl)c(Cl)c1)c1ccc2[nH]c(=O)[nH]c2c1. The summed E-state index contributed by atoms with van der Waals surface area (Å²) in [6.07, 6.45) is 0. The molecule has 1 atom stereocenters. The predicted octanol–water partition coefficient (Wildman–Crippen LogP) is 4.05. The molecule has 124 valence electrons. The molecular formula is C16H14Cl2N4O2. The van der Waals surface area contributed by atoms with Crippen LogP contribution in [0, 0.1) is 0 Å². The number of urea groups is 1. The zero-order chi connectivity index (χ0) is 17.3. The lowest BCUT2D eigenvalue weighted by Crippen LogP contribution is -2.31. The Balaban J connectivity index is 1.70. The van der Waals surface area contributed by atoms with Crippen LogP contribution in [0.4, 0.5) is 10.5 Å². The van der Waals surface area contributed by atoms with Crippen LogP contribution in [-0.4, -0.2) is 16.0 Å². The molecule has 0 fully saturated rings. The minimum atomic E-state index is -0.372. The molecule has 0 aliphatic carbocycles. The van der Waals surface area contributed by atoms with Crippen LogP contribution in [0.2, 0.25) is 10.0 Å². The number of anilines is 1. The lowest BCUT2D eigenvalue weighted by atomic mass is 10.1. The Morgan fingerprint density at radius 2 is 1.79 bits per heavy atom. The molecule has 0 radical (unpaired) electrons. The Morgan fingerprint density at radius 3 is 2.54 bits per heavy atom. The van der Waals surface area contributed by atoms with Gasteiger partial charge in [0.1, 0.15) is 0 Å². The third-order valence-electron chi connectivity index (χ3n) is 3.57. The molecule has 0 saturated carbocycles. The maximum Gasteiger partial charge on any atom is 0.323 e. The standard InChI is InChI=1S/C16H14Cl2N4O2/c1-8(9-2-5-13-14(6-9)22-16(24)21-13)19-15(23)20-10-3-4-11(17)12(18)7-10/h2-8H,1H3,(H2,19,20,23)(H2,21,22,24)/t8-/m0/s1. The lowest BCUT2D eigenvalue weighted by molar-refractivity contribution is 0.249. The van der Waals surface area contributed by atoms with E-state index >= 15 is 0 Å². The fourth-order valence-electron chi connectivity index (χ4n) is 2.34. The second-order valence-electron chi connectivity index (χ2n) is 5.33. The molecule has 0 unspecified atom stereocenters. The summed E-state index contributed by atoms with van der Waals surface area (Å²) in [5.74, 6) is 0. The maximum atomic E-state index is 12.1. The van der Waals surface area contributed by atoms with Crippen molar-refractivity contribution in [1.82, 2.24) is 15.3 Å². The third-order valence-corrected chi connectivity index (χ3v) is 4.30. The van der Waals surface area contributed by atoms with Crippen molar-refractivity contribution in [2.45, 2.75) is 13.0 Å². The zero-order valence-corrected chi connectivity index (χ0v) is 14.1. The molecule has 1 heterocycles. The van der Waals surface area contributed by atoms with Crippen molar-refractivity contribution in [3.63, 3.8) is 0 Å². The maximum absolute atomic E-state index is 12.1. The zero-order valence-electron chi connectivity index (χ0n) is 12.6. The first-order valence-corrected chi connectivity index (χ1v) is 7.92. The van der Waals surface area contributed by atoms with Crippen molar-refractivity contribution < 1.29 is 4.79 Å². The summed E-state index contributed by atoms with van der Waals surface area (Å²) in [5, 5.41) is 6.30. The molecule has 2 aromatic carbocycles. The Morgan fingerprint density at radius 1 is 1.04 bits per heavy atom. The van der Waals surface area contributed by atoms with Crippen molar-refractivity contribution in [2.75, 3.05) is 5.32 Å². The molecule has 1 aromatic heterocycles. The fraction of sp³-hybridized carbons (Fsp3) is 0.125. The summed E-state index contributed by atoms with van der Waals surface area (Å²) in [6.45, 7) is 1.85. The molecule has 0 aliphatic rings. The van der Waals surface area contributed by atoms with Crippen LogP contribution in [0.5, 0.6) is 0 Å². The molecule has 3 rings (SSSR count). The van der Waals surface area contributed by atoms with Gasteiger partial charge >= 0.3 is 11.7 Å². The summed E-state index contributed by atoms with van der Waals surface area (Å²) in [5.41, 5.74) is 2.55. The van der Waals surface area contributed by atoms with Gasteiger partial charge in [-0.05, 0) is 42.8 Å². The topological polar surface area (TPSA) is 89.8 Å². The number of nitrogens with one attached hydrogen (secondary N) is 4. The number of amides is 2. The molecular weight excluding hydrogens is 351 g/mol. The number of carbonyl (C=O) groups excluding carboxylic acids is 1. The van der Waals surface area contributed by atoms with E-state index in [1.807, 2.05) is 19.1 Å². The largest absolute Gasteiger partial charge is 0.331 e. The summed E-state index contributed by atoms with van der Waals surface area (Å²) in [6, 6.07) is 9.67. The molecule has 0 aliphatic heterocycles. The van der Waals surface area contributed by atoms with Crippen LogP contribution < -0.4 is 16.3 Å². The predicted molar refractivity (Wildman–Crippen MR) is 96.0 cm³/mol. The normalized spacial score (nSPS) is 12.1. The Labute approximate surface area is 147 Å². The number of aromatic amines is 2. The van der Waals surface area contributed by atoms with Gasteiger partial charge in [-0.1, -0.05) is 29.3 Å². The number of rotatable bonds is 3. The van der Waals surface area contributed by atoms with Gasteiger partial charge in [0.2, 0.25) is 0 Å². The molecule has 4 N–H and O–H groups in total. The van der Waals surface area contributed by atoms with Crippen molar-refractivity contribution in [2.24, 2.45) is 0 Å². The molecule has 3 aromatic rings. The monoisotopic (exact) mass is 364 g/mol. The first-order valence-electron chi connectivity index (χ1n) is 7.17. The van der Waals surface area contributed by atoms with E-state index in [1.165, 1.54) is 0 Å². The minimum Gasteiger partial charge on any atom is -0.331 e. The summed E-state index contributed by atoms with van der Waals surface area (Å²) in [7, 11) is 0. The number of hydrogen-bond donors (Lipinski definition) is 4. The van der Waals surface area contributed by atoms with Gasteiger partial charge in [-0.3, -0.25) is 0 Å². The summed E-state index contributed by atoms with van der Waals surface area (Å²) < 4.78 is 0. The van der Waals surface area contributed by atoms with Gasteiger partial charge in [0.05, 0.1) is 27.1 Å². The number of aromatic nitrogens is 2. The van der Waals surface area contributed by atoms with Gasteiger partial charge in [-0.2, -0.15) is 0 Å². The number of benzene rings is 2. The first-order chi connectivity index (χ1) is 11.4. The number of halogens is 2. The van der Waals surface area contributed by atoms with Crippen LogP contribution in [0.15, 0.2) is 41.2 Å². The highest BCUT2D eigenvalue weighted by Gasteiger charge is 2.11. The van der Waals surface area contributed by atoms with E-state index in [1.54, 1.807) is 24.3 Å². The molecule has 8 heteroatoms. The Hall–Kier alpha value is -2.44. The molecule has 6 nitrogen and oxygen atoms in total. The van der Waals surface area contributed by atoms with E-state index in [-0.39, 0.29) is 17.8 Å². The average molecular weight is 365 g/mol. The highest BCUT2D eigenvalue weighted by molar-refractivity contribution is 6.42.